The van der Waals surface area contributed by atoms with Gasteiger partial charge in [0.2, 0.25) is 3.79 Å². The zero-order chi connectivity index (χ0) is 15.6. The van der Waals surface area contributed by atoms with Gasteiger partial charge in [0.05, 0.1) is 0 Å². The van der Waals surface area contributed by atoms with Crippen LogP contribution in [0.3, 0.4) is 0 Å². The summed E-state index contributed by atoms with van der Waals surface area (Å²) in [4.78, 5) is 0. The summed E-state index contributed by atoms with van der Waals surface area (Å²) in [6.07, 6.45) is 0. The van der Waals surface area contributed by atoms with E-state index in [0.29, 0.717) is 5.56 Å². The van der Waals surface area contributed by atoms with Crippen molar-refractivity contribution in [2.75, 3.05) is 0 Å². The second kappa shape index (κ2) is 6.34. The molecular weight excluding hydrogens is 335 g/mol. The van der Waals surface area contributed by atoms with Gasteiger partial charge in [-0.1, -0.05) is 114 Å². The van der Waals surface area contributed by atoms with Crippen LogP contribution in [0.1, 0.15) is 5.56 Å². The van der Waals surface area contributed by atoms with Gasteiger partial charge < -0.3 is 0 Å². The van der Waals surface area contributed by atoms with E-state index < -0.39 is 3.79 Å². The van der Waals surface area contributed by atoms with Crippen molar-refractivity contribution in [3.8, 4) is 22.3 Å². The summed E-state index contributed by atoms with van der Waals surface area (Å²) in [5, 5.41) is 0. The average Bonchev–Trinajstić information content (AvgIpc) is 2.55. The highest BCUT2D eigenvalue weighted by Crippen LogP contribution is 2.46. The number of hydrogen-bond donors (Lipinski definition) is 0. The van der Waals surface area contributed by atoms with Crippen molar-refractivity contribution in [2.45, 2.75) is 3.79 Å². The van der Waals surface area contributed by atoms with Crippen LogP contribution in [-0.4, -0.2) is 0 Å². The molecule has 0 saturated heterocycles. The lowest BCUT2D eigenvalue weighted by molar-refractivity contribution is 1.24. The number of halogens is 3. The summed E-state index contributed by atoms with van der Waals surface area (Å²) in [5.41, 5.74) is 4.82. The fraction of sp³-hybridized carbons (Fsp3) is 0.0526. The molecule has 0 fully saturated rings. The van der Waals surface area contributed by atoms with Gasteiger partial charge in [-0.05, 0) is 22.3 Å². The second-order valence-corrected chi connectivity index (χ2v) is 7.24. The summed E-state index contributed by atoms with van der Waals surface area (Å²) < 4.78 is -1.48. The van der Waals surface area contributed by atoms with Crippen molar-refractivity contribution < 1.29 is 0 Å². The van der Waals surface area contributed by atoms with Gasteiger partial charge in [0, 0.05) is 5.56 Å². The minimum atomic E-state index is -1.48. The van der Waals surface area contributed by atoms with E-state index in [0.717, 1.165) is 22.3 Å². The average molecular weight is 348 g/mol. The smallest absolute Gasteiger partial charge is 0.0784 e. The lowest BCUT2D eigenvalue weighted by Gasteiger charge is -2.20. The molecule has 0 nitrogen and oxygen atoms in total. The number of rotatable bonds is 2. The molecule has 3 heteroatoms. The summed E-state index contributed by atoms with van der Waals surface area (Å²) in [6.45, 7) is 0. The summed E-state index contributed by atoms with van der Waals surface area (Å²) in [6, 6.07) is 26.0. The predicted molar refractivity (Wildman–Crippen MR) is 96.6 cm³/mol. The number of alkyl halides is 3. The van der Waals surface area contributed by atoms with Crippen LogP contribution in [0, 0.1) is 0 Å². The normalized spacial score (nSPS) is 11.4. The number of benzene rings is 3. The Bertz CT molecular complexity index is 760. The van der Waals surface area contributed by atoms with Crippen LogP contribution in [0.15, 0.2) is 78.9 Å². The summed E-state index contributed by atoms with van der Waals surface area (Å²) in [5.74, 6) is 0. The van der Waals surface area contributed by atoms with Crippen molar-refractivity contribution in [3.63, 3.8) is 0 Å². The third-order valence-electron chi connectivity index (χ3n) is 3.52. The molecule has 0 spiro atoms. The van der Waals surface area contributed by atoms with Gasteiger partial charge in [-0.3, -0.25) is 0 Å². The highest BCUT2D eigenvalue weighted by Gasteiger charge is 2.28. The van der Waals surface area contributed by atoms with Crippen molar-refractivity contribution in [1.29, 1.82) is 0 Å². The molecule has 0 aromatic heterocycles. The third-order valence-corrected chi connectivity index (χ3v) is 4.13. The fourth-order valence-electron chi connectivity index (χ4n) is 2.56. The Balaban J connectivity index is 2.32. The Morgan fingerprint density at radius 2 is 1.09 bits per heavy atom. The van der Waals surface area contributed by atoms with Gasteiger partial charge in [-0.25, -0.2) is 0 Å². The first kappa shape index (κ1) is 15.4. The zero-order valence-corrected chi connectivity index (χ0v) is 13.9. The van der Waals surface area contributed by atoms with E-state index in [-0.39, 0.29) is 0 Å². The molecule has 0 unspecified atom stereocenters. The summed E-state index contributed by atoms with van der Waals surface area (Å²) >= 11 is 18.6. The molecular formula is C19H13Cl3. The molecule has 0 aliphatic heterocycles. The molecule has 0 bridgehead atoms. The molecule has 0 heterocycles. The minimum Gasteiger partial charge on any atom is -0.0784 e. The maximum absolute atomic E-state index is 6.20. The Labute approximate surface area is 145 Å². The van der Waals surface area contributed by atoms with Crippen LogP contribution in [0.5, 0.6) is 0 Å². The molecule has 110 valence electrons. The quantitative estimate of drug-likeness (QED) is 0.445. The van der Waals surface area contributed by atoms with Crippen LogP contribution in [0.4, 0.5) is 0 Å². The predicted octanol–water partition coefficient (Wildman–Crippen LogP) is 6.85. The topological polar surface area (TPSA) is 0 Å². The first-order valence-electron chi connectivity index (χ1n) is 6.88. The van der Waals surface area contributed by atoms with E-state index in [1.165, 1.54) is 0 Å². The molecule has 0 aliphatic rings. The molecule has 0 radical (unpaired) electrons. The molecule has 22 heavy (non-hydrogen) atoms. The Morgan fingerprint density at radius 1 is 0.545 bits per heavy atom. The molecule has 0 aliphatic carbocycles. The molecule has 0 N–H and O–H groups in total. The van der Waals surface area contributed by atoms with Gasteiger partial charge >= 0.3 is 0 Å². The molecule has 0 atom stereocenters. The van der Waals surface area contributed by atoms with Crippen LogP contribution in [0.2, 0.25) is 0 Å². The van der Waals surface area contributed by atoms with E-state index in [4.69, 9.17) is 34.8 Å². The van der Waals surface area contributed by atoms with Crippen molar-refractivity contribution in [3.05, 3.63) is 84.4 Å². The maximum atomic E-state index is 6.20. The van der Waals surface area contributed by atoms with Gasteiger partial charge in [-0.2, -0.15) is 0 Å². The second-order valence-electron chi connectivity index (χ2n) is 4.96. The lowest BCUT2D eigenvalue weighted by atomic mass is 9.91. The van der Waals surface area contributed by atoms with Crippen molar-refractivity contribution in [1.82, 2.24) is 0 Å². The van der Waals surface area contributed by atoms with Crippen LogP contribution >= 0.6 is 34.8 Å². The van der Waals surface area contributed by atoms with Gasteiger partial charge in [0.25, 0.3) is 0 Å². The van der Waals surface area contributed by atoms with Gasteiger partial charge in [-0.15, -0.1) is 0 Å². The van der Waals surface area contributed by atoms with Gasteiger partial charge in [0.15, 0.2) is 0 Å². The Hall–Kier alpha value is -1.47. The SMILES string of the molecule is ClC(Cl)(Cl)c1cccc(-c2ccccc2)c1-c1ccccc1. The van der Waals surface area contributed by atoms with Crippen molar-refractivity contribution in [2.24, 2.45) is 0 Å². The largest absolute Gasteiger partial charge is 0.216 e. The molecule has 0 amide bonds. The van der Waals surface area contributed by atoms with Crippen LogP contribution in [0.25, 0.3) is 22.3 Å². The van der Waals surface area contributed by atoms with E-state index in [1.54, 1.807) is 0 Å². The minimum absolute atomic E-state index is 0.685. The number of hydrogen-bond acceptors (Lipinski definition) is 0. The Kier molecular flexibility index (Phi) is 4.44. The molecule has 3 aromatic rings. The monoisotopic (exact) mass is 346 g/mol. The molecule has 0 saturated carbocycles. The molecule has 3 aromatic carbocycles. The van der Waals surface area contributed by atoms with E-state index >= 15 is 0 Å². The first-order valence-corrected chi connectivity index (χ1v) is 8.02. The Morgan fingerprint density at radius 3 is 1.64 bits per heavy atom. The van der Waals surface area contributed by atoms with Crippen LogP contribution in [-0.2, 0) is 3.79 Å². The van der Waals surface area contributed by atoms with E-state index in [1.807, 2.05) is 60.7 Å². The first-order chi connectivity index (χ1) is 10.6. The standard InChI is InChI=1S/C19H13Cl3/c20-19(21,22)17-13-7-12-16(14-8-3-1-4-9-14)18(17)15-10-5-2-6-11-15/h1-13H. The fourth-order valence-corrected chi connectivity index (χ4v) is 3.04. The third kappa shape index (κ3) is 3.15. The van der Waals surface area contributed by atoms with Crippen molar-refractivity contribution >= 4 is 34.8 Å². The highest BCUT2D eigenvalue weighted by molar-refractivity contribution is 6.67. The highest BCUT2D eigenvalue weighted by atomic mass is 35.6. The van der Waals surface area contributed by atoms with E-state index in [2.05, 4.69) is 18.2 Å². The molecule has 3 rings (SSSR count). The van der Waals surface area contributed by atoms with Gasteiger partial charge in [0.1, 0.15) is 0 Å². The van der Waals surface area contributed by atoms with Crippen LogP contribution < -0.4 is 0 Å². The maximum Gasteiger partial charge on any atom is 0.216 e. The summed E-state index contributed by atoms with van der Waals surface area (Å²) in [7, 11) is 0. The zero-order valence-electron chi connectivity index (χ0n) is 11.6. The van der Waals surface area contributed by atoms with E-state index in [9.17, 15) is 0 Å². The lowest BCUT2D eigenvalue weighted by Crippen LogP contribution is -2.04.